The van der Waals surface area contributed by atoms with Crippen molar-refractivity contribution in [2.45, 2.75) is 16.7 Å². The van der Waals surface area contributed by atoms with Crippen molar-refractivity contribution in [2.75, 3.05) is 0 Å². The van der Waals surface area contributed by atoms with Gasteiger partial charge in [-0.05, 0) is 66.1 Å². The third-order valence-corrected chi connectivity index (χ3v) is 8.62. The number of rotatable bonds is 6. The summed E-state index contributed by atoms with van der Waals surface area (Å²) in [7, 11) is 0. The van der Waals surface area contributed by atoms with Crippen LogP contribution in [-0.2, 0) is 0 Å². The number of hydrogen-bond acceptors (Lipinski definition) is 3. The van der Waals surface area contributed by atoms with Crippen LogP contribution >= 0.6 is 29.3 Å². The zero-order valence-corrected chi connectivity index (χ0v) is 15.3. The van der Waals surface area contributed by atoms with Crippen LogP contribution in [-0.4, -0.2) is 0 Å². The van der Waals surface area contributed by atoms with Gasteiger partial charge in [0.05, 0.1) is 0 Å². The molecule has 0 aliphatic rings. The van der Waals surface area contributed by atoms with Gasteiger partial charge in [0.2, 0.25) is 6.55 Å². The maximum absolute atomic E-state index is 6.27. The maximum Gasteiger partial charge on any atom is 0.219 e. The van der Waals surface area contributed by atoms with Crippen molar-refractivity contribution in [2.24, 2.45) is 0 Å². The smallest absolute Gasteiger partial charge is 0.219 e. The fourth-order valence-corrected chi connectivity index (χ4v) is 7.68. The average molecular weight is 356 g/mol. The molecule has 0 fully saturated rings. The summed E-state index contributed by atoms with van der Waals surface area (Å²) in [6.07, 6.45) is 0. The van der Waals surface area contributed by atoms with Crippen LogP contribution in [0.25, 0.3) is 0 Å². The first-order valence-electron chi connectivity index (χ1n) is 7.30. The Morgan fingerprint density at radius 2 is 1.13 bits per heavy atom. The van der Waals surface area contributed by atoms with Gasteiger partial charge in [-0.25, -0.2) is 0 Å². The molecule has 0 saturated carbocycles. The van der Waals surface area contributed by atoms with E-state index in [4.69, 9.17) is 4.52 Å². The monoisotopic (exact) mass is 356 g/mol. The van der Waals surface area contributed by atoms with Crippen LogP contribution in [0, 0.1) is 6.92 Å². The van der Waals surface area contributed by atoms with E-state index in [1.807, 2.05) is 24.3 Å². The lowest BCUT2D eigenvalue weighted by Gasteiger charge is -2.17. The van der Waals surface area contributed by atoms with Gasteiger partial charge in [-0.15, -0.1) is 0 Å². The lowest BCUT2D eigenvalue weighted by Crippen LogP contribution is -1.83. The first-order chi connectivity index (χ1) is 11.3. The lowest BCUT2D eigenvalue weighted by atomic mass is 10.2. The van der Waals surface area contributed by atoms with E-state index in [2.05, 4.69) is 67.6 Å². The van der Waals surface area contributed by atoms with E-state index < -0.39 is 6.55 Å². The van der Waals surface area contributed by atoms with Crippen molar-refractivity contribution in [3.05, 3.63) is 90.5 Å². The van der Waals surface area contributed by atoms with E-state index in [0.29, 0.717) is 0 Å². The number of aryl methyl sites for hydroxylation is 1. The summed E-state index contributed by atoms with van der Waals surface area (Å²) in [6, 6.07) is 29.1. The van der Waals surface area contributed by atoms with Gasteiger partial charge in [-0.1, -0.05) is 54.1 Å². The van der Waals surface area contributed by atoms with Crippen LogP contribution in [0.4, 0.5) is 0 Å². The molecule has 1 nitrogen and oxygen atoms in total. The Morgan fingerprint density at radius 1 is 0.652 bits per heavy atom. The zero-order chi connectivity index (χ0) is 15.9. The van der Waals surface area contributed by atoms with Gasteiger partial charge in [0.25, 0.3) is 0 Å². The van der Waals surface area contributed by atoms with E-state index in [9.17, 15) is 0 Å². The molecule has 0 spiro atoms. The van der Waals surface area contributed by atoms with Gasteiger partial charge < -0.3 is 4.52 Å². The highest BCUT2D eigenvalue weighted by Crippen LogP contribution is 2.66. The summed E-state index contributed by atoms with van der Waals surface area (Å²) >= 11 is 3.58. The van der Waals surface area contributed by atoms with Crippen molar-refractivity contribution in [1.29, 1.82) is 0 Å². The molecule has 0 N–H and O–H groups in total. The summed E-state index contributed by atoms with van der Waals surface area (Å²) in [5, 5.41) is 0. The molecule has 4 heteroatoms. The third-order valence-electron chi connectivity index (χ3n) is 3.05. The predicted octanol–water partition coefficient (Wildman–Crippen LogP) is 7.19. The first-order valence-corrected chi connectivity index (χ1v) is 11.4. The molecule has 0 atom stereocenters. The molecular weight excluding hydrogens is 339 g/mol. The van der Waals surface area contributed by atoms with Crippen molar-refractivity contribution < 1.29 is 4.52 Å². The summed E-state index contributed by atoms with van der Waals surface area (Å²) in [5.74, 6) is 0.925. The van der Waals surface area contributed by atoms with Crippen LogP contribution < -0.4 is 4.52 Å². The minimum absolute atomic E-state index is 0.766. The Labute approximate surface area is 146 Å². The molecule has 0 aromatic heterocycles. The molecule has 0 aliphatic carbocycles. The van der Waals surface area contributed by atoms with Crippen LogP contribution in [0.5, 0.6) is 5.75 Å². The summed E-state index contributed by atoms with van der Waals surface area (Å²) in [6.45, 7) is 1.32. The SMILES string of the molecule is Cc1ccc(OP(Sc2ccccc2)Sc2ccccc2)cc1. The number of hydrogen-bond donors (Lipinski definition) is 0. The molecule has 3 aromatic rings. The van der Waals surface area contributed by atoms with E-state index in [-0.39, 0.29) is 0 Å². The van der Waals surface area contributed by atoms with E-state index >= 15 is 0 Å². The quantitative estimate of drug-likeness (QED) is 0.433. The van der Waals surface area contributed by atoms with E-state index in [1.165, 1.54) is 15.4 Å². The van der Waals surface area contributed by atoms with Crippen molar-refractivity contribution >= 4 is 29.3 Å². The van der Waals surface area contributed by atoms with E-state index in [0.717, 1.165) is 5.75 Å². The molecule has 3 aromatic carbocycles. The van der Waals surface area contributed by atoms with Gasteiger partial charge >= 0.3 is 0 Å². The predicted molar refractivity (Wildman–Crippen MR) is 103 cm³/mol. The topological polar surface area (TPSA) is 9.23 Å². The molecule has 0 bridgehead atoms. The lowest BCUT2D eigenvalue weighted by molar-refractivity contribution is 0.639. The second-order valence-corrected chi connectivity index (χ2v) is 10.7. The third kappa shape index (κ3) is 5.31. The van der Waals surface area contributed by atoms with Gasteiger partial charge in [0, 0.05) is 9.79 Å². The number of benzene rings is 3. The standard InChI is InChI=1S/C19H17OPS2/c1-16-12-14-17(15-13-16)20-21(22-18-8-4-2-5-9-18)23-19-10-6-3-7-11-19/h2-15H,1H3. The first kappa shape index (κ1) is 16.4. The highest BCUT2D eigenvalue weighted by Gasteiger charge is 2.16. The highest BCUT2D eigenvalue weighted by atomic mass is 33.1. The minimum atomic E-state index is -0.766. The fourth-order valence-electron chi connectivity index (χ4n) is 1.88. The molecule has 0 radical (unpaired) electrons. The Balaban J connectivity index is 1.76. The minimum Gasteiger partial charge on any atom is -0.452 e. The van der Waals surface area contributed by atoms with Gasteiger partial charge in [0.1, 0.15) is 5.75 Å². The van der Waals surface area contributed by atoms with Crippen LogP contribution in [0.2, 0.25) is 0 Å². The van der Waals surface area contributed by atoms with Gasteiger partial charge in [-0.3, -0.25) is 0 Å². The Bertz CT molecular complexity index is 676. The van der Waals surface area contributed by atoms with Crippen molar-refractivity contribution in [3.8, 4) is 5.75 Å². The summed E-state index contributed by atoms with van der Waals surface area (Å²) in [5.41, 5.74) is 1.24. The Hall–Kier alpha value is -1.41. The van der Waals surface area contributed by atoms with Crippen LogP contribution in [0.15, 0.2) is 94.7 Å². The largest absolute Gasteiger partial charge is 0.452 e. The van der Waals surface area contributed by atoms with Crippen LogP contribution in [0.3, 0.4) is 0 Å². The Morgan fingerprint density at radius 3 is 1.61 bits per heavy atom. The van der Waals surface area contributed by atoms with Crippen molar-refractivity contribution in [1.82, 2.24) is 0 Å². The molecule has 116 valence electrons. The summed E-state index contributed by atoms with van der Waals surface area (Å²) < 4.78 is 6.27. The normalized spacial score (nSPS) is 10.7. The molecule has 0 heterocycles. The second kappa shape index (κ2) is 8.44. The van der Waals surface area contributed by atoms with Gasteiger partial charge in [-0.2, -0.15) is 0 Å². The van der Waals surface area contributed by atoms with E-state index in [1.54, 1.807) is 22.8 Å². The van der Waals surface area contributed by atoms with Gasteiger partial charge in [0.15, 0.2) is 0 Å². The highest BCUT2D eigenvalue weighted by molar-refractivity contribution is 8.87. The molecule has 0 amide bonds. The second-order valence-electron chi connectivity index (χ2n) is 4.94. The fraction of sp³-hybridized carbons (Fsp3) is 0.0526. The molecular formula is C19H17OPS2. The maximum atomic E-state index is 6.27. The van der Waals surface area contributed by atoms with Crippen LogP contribution in [0.1, 0.15) is 5.56 Å². The average Bonchev–Trinajstić information content (AvgIpc) is 2.59. The molecule has 0 saturated heterocycles. The molecule has 23 heavy (non-hydrogen) atoms. The molecule has 0 aliphatic heterocycles. The zero-order valence-electron chi connectivity index (χ0n) is 12.8. The summed E-state index contributed by atoms with van der Waals surface area (Å²) in [4.78, 5) is 2.46. The Kier molecular flexibility index (Phi) is 6.04. The van der Waals surface area contributed by atoms with Crippen molar-refractivity contribution in [3.63, 3.8) is 0 Å². The molecule has 3 rings (SSSR count). The molecule has 0 unspecified atom stereocenters.